The molecule has 2 aliphatic rings. The van der Waals surface area contributed by atoms with Crippen LogP contribution in [0.3, 0.4) is 0 Å². The molecule has 1 aromatic rings. The molecular weight excluding hydrogens is 188 g/mol. The van der Waals surface area contributed by atoms with E-state index in [-0.39, 0.29) is 0 Å². The highest BCUT2D eigenvalue weighted by atomic mass is 15.1. The summed E-state index contributed by atoms with van der Waals surface area (Å²) in [6.07, 6.45) is 5.33. The van der Waals surface area contributed by atoms with E-state index in [1.165, 1.54) is 17.9 Å². The molecule has 2 aliphatic heterocycles. The lowest BCUT2D eigenvalue weighted by Crippen LogP contribution is -2.31. The van der Waals surface area contributed by atoms with E-state index in [2.05, 4.69) is 14.9 Å². The van der Waals surface area contributed by atoms with Crippen LogP contribution in [-0.4, -0.2) is 28.7 Å². The van der Waals surface area contributed by atoms with E-state index in [1.54, 1.807) is 0 Å². The van der Waals surface area contributed by atoms with E-state index in [9.17, 15) is 0 Å². The lowest BCUT2D eigenvalue weighted by Gasteiger charge is -2.23. The van der Waals surface area contributed by atoms with Gasteiger partial charge in [-0.1, -0.05) is 0 Å². The van der Waals surface area contributed by atoms with Crippen LogP contribution in [0.5, 0.6) is 0 Å². The molecule has 3 heterocycles. The van der Waals surface area contributed by atoms with Crippen LogP contribution in [0.4, 0.5) is 0 Å². The van der Waals surface area contributed by atoms with E-state index in [0.717, 1.165) is 32.5 Å². The van der Waals surface area contributed by atoms with Crippen molar-refractivity contribution in [3.8, 4) is 0 Å². The molecule has 1 fully saturated rings. The molecule has 0 amide bonds. The van der Waals surface area contributed by atoms with Crippen molar-refractivity contribution in [1.82, 2.24) is 14.9 Å². The zero-order chi connectivity index (χ0) is 10.3. The number of imidazole rings is 1. The summed E-state index contributed by atoms with van der Waals surface area (Å²) < 4.78 is 2.39. The van der Waals surface area contributed by atoms with Crippen molar-refractivity contribution in [2.24, 2.45) is 5.73 Å². The fourth-order valence-corrected chi connectivity index (χ4v) is 2.71. The van der Waals surface area contributed by atoms with Crippen LogP contribution in [0.1, 0.15) is 30.3 Å². The van der Waals surface area contributed by atoms with Crippen LogP contribution >= 0.6 is 0 Å². The Labute approximate surface area is 89.9 Å². The maximum Gasteiger partial charge on any atom is 0.113 e. The van der Waals surface area contributed by atoms with Gasteiger partial charge in [0.1, 0.15) is 5.82 Å². The van der Waals surface area contributed by atoms with Crippen molar-refractivity contribution in [2.45, 2.75) is 37.8 Å². The molecule has 1 aromatic heterocycles. The van der Waals surface area contributed by atoms with E-state index >= 15 is 0 Å². The summed E-state index contributed by atoms with van der Waals surface area (Å²) in [5.74, 6) is 1.90. The molecule has 2 unspecified atom stereocenters. The van der Waals surface area contributed by atoms with Crippen molar-refractivity contribution in [1.29, 1.82) is 0 Å². The van der Waals surface area contributed by atoms with Gasteiger partial charge in [0.25, 0.3) is 0 Å². The zero-order valence-electron chi connectivity index (χ0n) is 8.95. The van der Waals surface area contributed by atoms with Gasteiger partial charge in [-0.2, -0.15) is 0 Å². The summed E-state index contributed by atoms with van der Waals surface area (Å²) in [4.78, 5) is 4.58. The first-order valence-electron chi connectivity index (χ1n) is 5.85. The molecule has 0 aliphatic carbocycles. The Morgan fingerprint density at radius 1 is 1.47 bits per heavy atom. The average molecular weight is 206 g/mol. The molecule has 4 heteroatoms. The van der Waals surface area contributed by atoms with Gasteiger partial charge in [0, 0.05) is 43.4 Å². The number of hydrogen-bond acceptors (Lipinski definition) is 3. The van der Waals surface area contributed by atoms with Gasteiger partial charge in [-0.05, 0) is 19.4 Å². The largest absolute Gasteiger partial charge is 0.332 e. The first-order valence-corrected chi connectivity index (χ1v) is 5.85. The Morgan fingerprint density at radius 2 is 2.40 bits per heavy atom. The Bertz CT molecular complexity index is 351. The van der Waals surface area contributed by atoms with Crippen molar-refractivity contribution in [2.75, 3.05) is 13.1 Å². The third kappa shape index (κ3) is 1.58. The minimum absolute atomic E-state index is 0.337. The molecule has 0 spiro atoms. The second kappa shape index (κ2) is 3.61. The van der Waals surface area contributed by atoms with Crippen LogP contribution in [0, 0.1) is 0 Å². The van der Waals surface area contributed by atoms with Gasteiger partial charge in [0.2, 0.25) is 0 Å². The fraction of sp³-hybridized carbons (Fsp3) is 0.727. The third-order valence-electron chi connectivity index (χ3n) is 3.59. The maximum absolute atomic E-state index is 5.96. The van der Waals surface area contributed by atoms with E-state index in [1.807, 2.05) is 6.20 Å². The highest BCUT2D eigenvalue weighted by Gasteiger charge is 2.25. The van der Waals surface area contributed by atoms with Gasteiger partial charge in [-0.3, -0.25) is 0 Å². The number of nitrogens with one attached hydrogen (secondary N) is 1. The first kappa shape index (κ1) is 9.36. The van der Waals surface area contributed by atoms with Gasteiger partial charge in [-0.15, -0.1) is 0 Å². The SMILES string of the molecule is NC1CCn2c(cnc2C2CCNC2)C1. The first-order chi connectivity index (χ1) is 7.34. The van der Waals surface area contributed by atoms with Gasteiger partial charge >= 0.3 is 0 Å². The molecule has 4 nitrogen and oxygen atoms in total. The number of hydrogen-bond donors (Lipinski definition) is 2. The van der Waals surface area contributed by atoms with Crippen LogP contribution in [0.25, 0.3) is 0 Å². The smallest absolute Gasteiger partial charge is 0.113 e. The molecule has 0 bridgehead atoms. The number of nitrogens with two attached hydrogens (primary N) is 1. The highest BCUT2D eigenvalue weighted by molar-refractivity contribution is 5.14. The minimum atomic E-state index is 0.337. The van der Waals surface area contributed by atoms with E-state index in [4.69, 9.17) is 5.73 Å². The van der Waals surface area contributed by atoms with Crippen molar-refractivity contribution in [3.05, 3.63) is 17.7 Å². The molecule has 0 radical (unpaired) electrons. The lowest BCUT2D eigenvalue weighted by atomic mass is 10.0. The Morgan fingerprint density at radius 3 is 3.20 bits per heavy atom. The molecule has 0 aromatic carbocycles. The van der Waals surface area contributed by atoms with Gasteiger partial charge in [0.05, 0.1) is 0 Å². The molecule has 2 atom stereocenters. The van der Waals surface area contributed by atoms with Gasteiger partial charge in [-0.25, -0.2) is 4.98 Å². The van der Waals surface area contributed by atoms with Crippen molar-refractivity contribution in [3.63, 3.8) is 0 Å². The highest BCUT2D eigenvalue weighted by Crippen LogP contribution is 2.25. The molecule has 3 rings (SSSR count). The lowest BCUT2D eigenvalue weighted by molar-refractivity contribution is 0.451. The second-order valence-corrected chi connectivity index (χ2v) is 4.70. The second-order valence-electron chi connectivity index (χ2n) is 4.70. The zero-order valence-corrected chi connectivity index (χ0v) is 8.95. The molecule has 0 saturated carbocycles. The number of aromatic nitrogens is 2. The summed E-state index contributed by atoms with van der Waals surface area (Å²) in [6, 6.07) is 0.337. The standard InChI is InChI=1S/C11H18N4/c12-9-2-4-15-10(5-9)7-14-11(15)8-1-3-13-6-8/h7-9,13H,1-6,12H2. The van der Waals surface area contributed by atoms with Crippen LogP contribution in [-0.2, 0) is 13.0 Å². The third-order valence-corrected chi connectivity index (χ3v) is 3.59. The normalized spacial score (nSPS) is 30.5. The molecular formula is C11H18N4. The molecule has 1 saturated heterocycles. The van der Waals surface area contributed by atoms with Gasteiger partial charge in [0.15, 0.2) is 0 Å². The van der Waals surface area contributed by atoms with E-state index < -0.39 is 0 Å². The summed E-state index contributed by atoms with van der Waals surface area (Å²) in [5.41, 5.74) is 7.29. The Hall–Kier alpha value is -0.870. The fourth-order valence-electron chi connectivity index (χ4n) is 2.71. The minimum Gasteiger partial charge on any atom is -0.332 e. The number of fused-ring (bicyclic) bond motifs is 1. The quantitative estimate of drug-likeness (QED) is 0.692. The van der Waals surface area contributed by atoms with Crippen molar-refractivity contribution >= 4 is 0 Å². The van der Waals surface area contributed by atoms with Crippen molar-refractivity contribution < 1.29 is 0 Å². The van der Waals surface area contributed by atoms with Crippen LogP contribution < -0.4 is 11.1 Å². The molecule has 3 N–H and O–H groups in total. The maximum atomic E-state index is 5.96. The summed E-state index contributed by atoms with van der Waals surface area (Å²) in [5, 5.41) is 3.40. The number of rotatable bonds is 1. The van der Waals surface area contributed by atoms with Crippen LogP contribution in [0.2, 0.25) is 0 Å². The topological polar surface area (TPSA) is 55.9 Å². The predicted molar refractivity (Wildman–Crippen MR) is 58.8 cm³/mol. The Balaban J connectivity index is 1.90. The van der Waals surface area contributed by atoms with Gasteiger partial charge < -0.3 is 15.6 Å². The van der Waals surface area contributed by atoms with E-state index in [0.29, 0.717) is 12.0 Å². The average Bonchev–Trinajstić information content (AvgIpc) is 2.82. The summed E-state index contributed by atoms with van der Waals surface area (Å²) in [7, 11) is 0. The summed E-state index contributed by atoms with van der Waals surface area (Å²) >= 11 is 0. The monoisotopic (exact) mass is 206 g/mol. The molecule has 15 heavy (non-hydrogen) atoms. The Kier molecular flexibility index (Phi) is 2.25. The number of nitrogens with zero attached hydrogens (tertiary/aromatic N) is 2. The predicted octanol–water partition coefficient (Wildman–Crippen LogP) is 0.233. The van der Waals surface area contributed by atoms with Crippen LogP contribution in [0.15, 0.2) is 6.20 Å². The molecule has 82 valence electrons. The summed E-state index contributed by atoms with van der Waals surface area (Å²) in [6.45, 7) is 3.28.